The summed E-state index contributed by atoms with van der Waals surface area (Å²) in [4.78, 5) is 110. The highest BCUT2D eigenvalue weighted by atomic mass is 16.4. The van der Waals surface area contributed by atoms with Crippen molar-refractivity contribution in [3.8, 4) is 0 Å². The molecule has 47 heavy (non-hydrogen) atoms. The summed E-state index contributed by atoms with van der Waals surface area (Å²) >= 11 is 0. The van der Waals surface area contributed by atoms with Crippen LogP contribution in [0.15, 0.2) is 39.9 Å². The maximum atomic E-state index is 13.4. The number of hydrogen-bond donors (Lipinski definition) is 8. The van der Waals surface area contributed by atoms with Crippen molar-refractivity contribution in [2.24, 2.45) is 5.92 Å². The average molecular weight is 660 g/mol. The van der Waals surface area contributed by atoms with E-state index in [1.807, 2.05) is 0 Å². The van der Waals surface area contributed by atoms with Crippen LogP contribution < -0.4 is 37.4 Å². The van der Waals surface area contributed by atoms with Gasteiger partial charge in [-0.3, -0.25) is 43.2 Å². The van der Waals surface area contributed by atoms with Gasteiger partial charge in [-0.05, 0) is 17.9 Å². The van der Waals surface area contributed by atoms with E-state index in [0.717, 1.165) is 12.5 Å². The first-order valence-corrected chi connectivity index (χ1v) is 14.5. The number of carboxylic acid groups (broad SMARTS) is 3. The Morgan fingerprint density at radius 3 is 1.83 bits per heavy atom. The van der Waals surface area contributed by atoms with Crippen LogP contribution in [0.5, 0.6) is 0 Å². The van der Waals surface area contributed by atoms with Crippen LogP contribution in [0.2, 0.25) is 0 Å². The fourth-order valence-electron chi connectivity index (χ4n) is 4.59. The molecule has 2 aromatic rings. The zero-order valence-electron chi connectivity index (χ0n) is 25.8. The van der Waals surface area contributed by atoms with Crippen LogP contribution in [-0.4, -0.2) is 75.0 Å². The molecule has 8 N–H and O–H groups in total. The van der Waals surface area contributed by atoms with Crippen molar-refractivity contribution < 1.29 is 48.9 Å². The van der Waals surface area contributed by atoms with Gasteiger partial charge in [0.15, 0.2) is 0 Å². The number of carbonyl (C=O) groups is 7. The van der Waals surface area contributed by atoms with Gasteiger partial charge in [-0.15, -0.1) is 0 Å². The molecule has 4 atom stereocenters. The lowest BCUT2D eigenvalue weighted by Gasteiger charge is -2.28. The third-order valence-electron chi connectivity index (χ3n) is 6.90. The van der Waals surface area contributed by atoms with E-state index < -0.39 is 108 Å². The Kier molecular flexibility index (Phi) is 13.7. The Morgan fingerprint density at radius 2 is 1.30 bits per heavy atom. The quantitative estimate of drug-likeness (QED) is 0.0841. The van der Waals surface area contributed by atoms with E-state index in [9.17, 15) is 48.3 Å². The van der Waals surface area contributed by atoms with Gasteiger partial charge in [0, 0.05) is 19.9 Å². The smallest absolute Gasteiger partial charge is 0.305 e. The zero-order chi connectivity index (χ0) is 35.4. The van der Waals surface area contributed by atoms with Gasteiger partial charge >= 0.3 is 17.9 Å². The number of hydrogen-bond acceptors (Lipinski definition) is 10. The summed E-state index contributed by atoms with van der Waals surface area (Å²) in [5.41, 5.74) is -1.56. The highest BCUT2D eigenvalue weighted by Crippen LogP contribution is 2.23. The standard InChI is InChI=1S/C30H37N5O12/c1-14(2)24(35-28(45)17(9-10-20(37)38)33-29(46)19(12-22(41)42)32-15(3)36)30(47)34-18(11-21(39)40)23-25(27(44)26(23)43)31-13-16-7-5-4-6-8-16/h4-8,14,17-19,24,31H,9-13H2,1-3H3,(H,32,36)(H,33,46)(H,34,47)(H,35,45)(H,37,38)(H,39,40)(H,41,42)/t17-,18?,19-,24-/m0/s1. The van der Waals surface area contributed by atoms with E-state index in [-0.39, 0.29) is 17.8 Å². The monoisotopic (exact) mass is 659 g/mol. The van der Waals surface area contributed by atoms with Crippen LogP contribution in [0, 0.1) is 5.92 Å². The number of benzene rings is 1. The van der Waals surface area contributed by atoms with Crippen LogP contribution in [0.25, 0.3) is 0 Å². The summed E-state index contributed by atoms with van der Waals surface area (Å²) in [5.74, 6) is -8.71. The zero-order valence-corrected chi connectivity index (χ0v) is 25.8. The van der Waals surface area contributed by atoms with Gasteiger partial charge in [-0.25, -0.2) is 0 Å². The molecular formula is C30H37N5O12. The summed E-state index contributed by atoms with van der Waals surface area (Å²) in [6, 6.07) is 2.69. The van der Waals surface area contributed by atoms with Crippen LogP contribution in [0.4, 0.5) is 5.69 Å². The van der Waals surface area contributed by atoms with Gasteiger partial charge in [0.05, 0.1) is 30.1 Å². The van der Waals surface area contributed by atoms with Crippen LogP contribution in [-0.2, 0) is 40.1 Å². The minimum Gasteiger partial charge on any atom is -0.481 e. The summed E-state index contributed by atoms with van der Waals surface area (Å²) in [7, 11) is 0. The topological polar surface area (TPSA) is 274 Å². The molecule has 254 valence electrons. The highest BCUT2D eigenvalue weighted by Gasteiger charge is 2.35. The van der Waals surface area contributed by atoms with Crippen molar-refractivity contribution in [1.82, 2.24) is 21.3 Å². The molecule has 0 aliphatic carbocycles. The summed E-state index contributed by atoms with van der Waals surface area (Å²) in [6.45, 7) is 4.19. The van der Waals surface area contributed by atoms with Crippen molar-refractivity contribution in [1.29, 1.82) is 0 Å². The second-order valence-corrected chi connectivity index (χ2v) is 11.0. The maximum Gasteiger partial charge on any atom is 0.305 e. The highest BCUT2D eigenvalue weighted by molar-refractivity contribution is 5.95. The van der Waals surface area contributed by atoms with Crippen molar-refractivity contribution in [2.45, 2.75) is 77.2 Å². The summed E-state index contributed by atoms with van der Waals surface area (Å²) in [6.07, 6.45) is -2.74. The molecular weight excluding hydrogens is 622 g/mol. The Balaban J connectivity index is 2.30. The molecule has 0 aliphatic heterocycles. The van der Waals surface area contributed by atoms with E-state index in [4.69, 9.17) is 10.2 Å². The summed E-state index contributed by atoms with van der Waals surface area (Å²) < 4.78 is 0. The predicted molar refractivity (Wildman–Crippen MR) is 164 cm³/mol. The third-order valence-corrected chi connectivity index (χ3v) is 6.90. The molecule has 0 radical (unpaired) electrons. The molecule has 0 fully saturated rings. The van der Waals surface area contributed by atoms with E-state index in [1.54, 1.807) is 30.3 Å². The Morgan fingerprint density at radius 1 is 0.702 bits per heavy atom. The molecule has 17 nitrogen and oxygen atoms in total. The van der Waals surface area contributed by atoms with Crippen molar-refractivity contribution >= 4 is 47.2 Å². The third kappa shape index (κ3) is 11.4. The molecule has 0 saturated carbocycles. The molecule has 2 aromatic carbocycles. The molecule has 0 bridgehead atoms. The van der Waals surface area contributed by atoms with E-state index in [1.165, 1.54) is 13.8 Å². The molecule has 1 unspecified atom stereocenters. The first-order valence-electron chi connectivity index (χ1n) is 14.5. The maximum absolute atomic E-state index is 13.4. The lowest BCUT2D eigenvalue weighted by Crippen LogP contribution is -2.58. The Labute approximate surface area is 267 Å². The van der Waals surface area contributed by atoms with E-state index in [0.29, 0.717) is 0 Å². The fourth-order valence-corrected chi connectivity index (χ4v) is 4.59. The Bertz CT molecular complexity index is 1550. The molecule has 0 aromatic heterocycles. The molecule has 4 amide bonds. The molecule has 2 rings (SSSR count). The van der Waals surface area contributed by atoms with E-state index in [2.05, 4.69) is 26.6 Å². The second-order valence-electron chi connectivity index (χ2n) is 11.0. The molecule has 0 heterocycles. The predicted octanol–water partition coefficient (Wildman–Crippen LogP) is -1.00. The number of nitrogens with one attached hydrogen (secondary N) is 5. The minimum absolute atomic E-state index is 0.121. The number of aliphatic carboxylic acids is 3. The average Bonchev–Trinajstić information content (AvgIpc) is 2.98. The first-order chi connectivity index (χ1) is 22.0. The molecule has 0 spiro atoms. The number of anilines is 1. The van der Waals surface area contributed by atoms with Gasteiger partial charge < -0.3 is 41.9 Å². The lowest BCUT2D eigenvalue weighted by atomic mass is 9.94. The SMILES string of the molecule is CC(=O)N[C@@H](CC(=O)O)C(=O)N[C@@H](CCC(=O)O)C(=O)N[C@H](C(=O)NC(CC(=O)O)c1c(NCc2ccccc2)c(=O)c1=O)C(C)C. The summed E-state index contributed by atoms with van der Waals surface area (Å²) in [5, 5.41) is 39.7. The lowest BCUT2D eigenvalue weighted by molar-refractivity contribution is -0.141. The van der Waals surface area contributed by atoms with Gasteiger partial charge in [0.25, 0.3) is 0 Å². The van der Waals surface area contributed by atoms with Crippen LogP contribution in [0.3, 0.4) is 0 Å². The van der Waals surface area contributed by atoms with Crippen molar-refractivity contribution in [3.63, 3.8) is 0 Å². The van der Waals surface area contributed by atoms with Gasteiger partial charge in [0.1, 0.15) is 18.1 Å². The number of carboxylic acids is 3. The van der Waals surface area contributed by atoms with Crippen LogP contribution in [0.1, 0.15) is 63.6 Å². The van der Waals surface area contributed by atoms with Gasteiger partial charge in [-0.2, -0.15) is 0 Å². The first kappa shape index (κ1) is 37.6. The van der Waals surface area contributed by atoms with Crippen molar-refractivity contribution in [2.75, 3.05) is 5.32 Å². The van der Waals surface area contributed by atoms with Gasteiger partial charge in [-0.1, -0.05) is 44.2 Å². The number of amides is 4. The minimum atomic E-state index is -1.60. The largest absolute Gasteiger partial charge is 0.481 e. The molecule has 0 saturated heterocycles. The normalized spacial score (nSPS) is 13.4. The number of rotatable bonds is 19. The van der Waals surface area contributed by atoms with Crippen LogP contribution >= 0.6 is 0 Å². The van der Waals surface area contributed by atoms with E-state index >= 15 is 0 Å². The molecule has 0 aliphatic rings. The Hall–Kier alpha value is -5.61. The molecule has 17 heteroatoms. The van der Waals surface area contributed by atoms with Crippen molar-refractivity contribution in [3.05, 3.63) is 61.9 Å². The van der Waals surface area contributed by atoms with Gasteiger partial charge in [0.2, 0.25) is 34.5 Å². The second kappa shape index (κ2) is 17.2. The fraction of sp³-hybridized carbons (Fsp3) is 0.433. The number of carbonyl (C=O) groups excluding carboxylic acids is 4.